The van der Waals surface area contributed by atoms with E-state index in [1.54, 1.807) is 6.07 Å². The first kappa shape index (κ1) is 22.3. The van der Waals surface area contributed by atoms with E-state index in [0.717, 1.165) is 33.4 Å². The quantitative estimate of drug-likeness (QED) is 0.438. The summed E-state index contributed by atoms with van der Waals surface area (Å²) in [6.07, 6.45) is 0. The van der Waals surface area contributed by atoms with E-state index in [1.165, 1.54) is 0 Å². The van der Waals surface area contributed by atoms with E-state index in [4.69, 9.17) is 4.98 Å². The Hall–Kier alpha value is -3.93. The molecule has 0 radical (unpaired) electrons. The van der Waals surface area contributed by atoms with Crippen LogP contribution in [0.15, 0.2) is 66.7 Å². The lowest BCUT2D eigenvalue weighted by Gasteiger charge is -2.17. The second-order valence-electron chi connectivity index (χ2n) is 8.35. The lowest BCUT2D eigenvalue weighted by molar-refractivity contribution is -0.116. The Kier molecular flexibility index (Phi) is 6.27. The molecule has 2 N–H and O–H groups in total. The second-order valence-corrected chi connectivity index (χ2v) is 8.35. The predicted octanol–water partition coefficient (Wildman–Crippen LogP) is 5.09. The van der Waals surface area contributed by atoms with Gasteiger partial charge in [0.15, 0.2) is 0 Å². The Balaban J connectivity index is 1.61. The van der Waals surface area contributed by atoms with Crippen LogP contribution in [-0.4, -0.2) is 21.4 Å². The average molecular weight is 441 g/mol. The smallest absolute Gasteiger partial charge is 0.252 e. The number of nitrogens with one attached hydrogen (secondary N) is 2. The predicted molar refractivity (Wildman–Crippen MR) is 131 cm³/mol. The number of fused-ring (bicyclic) bond motifs is 1. The van der Waals surface area contributed by atoms with Gasteiger partial charge in [0.2, 0.25) is 5.91 Å². The molecule has 0 aliphatic heterocycles. The van der Waals surface area contributed by atoms with Crippen LogP contribution in [0.5, 0.6) is 0 Å². The number of nitrogens with zero attached hydrogens (tertiary/aromatic N) is 2. The summed E-state index contributed by atoms with van der Waals surface area (Å²) < 4.78 is 1.87. The lowest BCUT2D eigenvalue weighted by atomic mass is 10.1. The first-order valence-corrected chi connectivity index (χ1v) is 11.0. The van der Waals surface area contributed by atoms with Crippen LogP contribution in [0.2, 0.25) is 0 Å². The molecule has 0 aliphatic rings. The molecular weight excluding hydrogens is 412 g/mol. The fourth-order valence-electron chi connectivity index (χ4n) is 3.98. The van der Waals surface area contributed by atoms with Gasteiger partial charge in [-0.2, -0.15) is 0 Å². The molecule has 0 saturated carbocycles. The molecule has 0 spiro atoms. The molecule has 1 atom stereocenters. The fourth-order valence-corrected chi connectivity index (χ4v) is 3.98. The van der Waals surface area contributed by atoms with Gasteiger partial charge in [-0.3, -0.25) is 9.59 Å². The maximum absolute atomic E-state index is 13.0. The summed E-state index contributed by atoms with van der Waals surface area (Å²) in [7, 11) is 0. The molecule has 0 saturated heterocycles. The van der Waals surface area contributed by atoms with Crippen molar-refractivity contribution in [2.24, 2.45) is 0 Å². The van der Waals surface area contributed by atoms with Gasteiger partial charge in [-0.1, -0.05) is 42.5 Å². The average Bonchev–Trinajstić information content (AvgIpc) is 3.15. The van der Waals surface area contributed by atoms with Crippen LogP contribution in [0.4, 0.5) is 5.69 Å². The molecule has 6 heteroatoms. The number of anilines is 1. The topological polar surface area (TPSA) is 76.0 Å². The summed E-state index contributed by atoms with van der Waals surface area (Å²) in [4.78, 5) is 30.6. The first-order chi connectivity index (χ1) is 15.8. The minimum absolute atomic E-state index is 0.0911. The maximum atomic E-state index is 13.0. The second kappa shape index (κ2) is 9.28. The summed E-state index contributed by atoms with van der Waals surface area (Å²) in [6, 6.07) is 20.6. The highest BCUT2D eigenvalue weighted by Crippen LogP contribution is 2.23. The van der Waals surface area contributed by atoms with Crippen molar-refractivity contribution in [3.63, 3.8) is 0 Å². The van der Waals surface area contributed by atoms with Crippen molar-refractivity contribution in [2.45, 2.75) is 40.3 Å². The van der Waals surface area contributed by atoms with E-state index in [9.17, 15) is 9.59 Å². The highest BCUT2D eigenvalue weighted by molar-refractivity contribution is 5.96. The summed E-state index contributed by atoms with van der Waals surface area (Å²) in [5, 5.41) is 6.06. The van der Waals surface area contributed by atoms with E-state index in [1.807, 2.05) is 92.9 Å². The Morgan fingerprint density at radius 2 is 1.61 bits per heavy atom. The number of imidazole rings is 1. The van der Waals surface area contributed by atoms with Crippen LogP contribution in [0.3, 0.4) is 0 Å². The lowest BCUT2D eigenvalue weighted by Crippen LogP contribution is -2.30. The van der Waals surface area contributed by atoms with E-state index in [-0.39, 0.29) is 18.4 Å². The fraction of sp³-hybridized carbons (Fsp3) is 0.222. The number of rotatable bonds is 6. The van der Waals surface area contributed by atoms with E-state index >= 15 is 0 Å². The summed E-state index contributed by atoms with van der Waals surface area (Å²) in [5.74, 6) is 0.318. The molecular formula is C27H28N4O2. The van der Waals surface area contributed by atoms with Gasteiger partial charge in [-0.15, -0.1) is 0 Å². The molecule has 0 aliphatic carbocycles. The third-order valence-electron chi connectivity index (χ3n) is 5.99. The summed E-state index contributed by atoms with van der Waals surface area (Å²) >= 11 is 0. The summed E-state index contributed by atoms with van der Waals surface area (Å²) in [6.45, 7) is 7.90. The normalized spacial score (nSPS) is 11.9. The number of amides is 2. The van der Waals surface area contributed by atoms with Crippen molar-refractivity contribution in [3.05, 3.63) is 94.8 Å². The zero-order chi connectivity index (χ0) is 23.5. The molecule has 6 nitrogen and oxygen atoms in total. The third-order valence-corrected chi connectivity index (χ3v) is 5.99. The zero-order valence-corrected chi connectivity index (χ0v) is 19.3. The Bertz CT molecular complexity index is 1340. The van der Waals surface area contributed by atoms with Crippen LogP contribution in [-0.2, 0) is 11.3 Å². The van der Waals surface area contributed by atoms with Crippen LogP contribution in [0, 0.1) is 20.8 Å². The van der Waals surface area contributed by atoms with Crippen molar-refractivity contribution in [2.75, 3.05) is 5.32 Å². The third kappa shape index (κ3) is 4.65. The Labute approximate surface area is 193 Å². The van der Waals surface area contributed by atoms with E-state index in [2.05, 4.69) is 10.6 Å². The molecule has 1 unspecified atom stereocenters. The monoisotopic (exact) mass is 440 g/mol. The van der Waals surface area contributed by atoms with Crippen LogP contribution in [0.25, 0.3) is 11.0 Å². The van der Waals surface area contributed by atoms with Crippen LogP contribution >= 0.6 is 0 Å². The molecule has 1 heterocycles. The number of aryl methyl sites for hydroxylation is 2. The molecule has 4 aromatic rings. The number of aromatic nitrogens is 2. The number of carbonyl (C=O) groups is 2. The zero-order valence-electron chi connectivity index (χ0n) is 19.3. The van der Waals surface area contributed by atoms with Gasteiger partial charge < -0.3 is 15.2 Å². The molecule has 0 bridgehead atoms. The van der Waals surface area contributed by atoms with Crippen LogP contribution < -0.4 is 10.6 Å². The van der Waals surface area contributed by atoms with E-state index in [0.29, 0.717) is 11.4 Å². The first-order valence-electron chi connectivity index (χ1n) is 11.0. The van der Waals surface area contributed by atoms with E-state index < -0.39 is 6.04 Å². The van der Waals surface area contributed by atoms with Crippen molar-refractivity contribution < 1.29 is 9.59 Å². The maximum Gasteiger partial charge on any atom is 0.252 e. The Morgan fingerprint density at radius 3 is 2.39 bits per heavy atom. The van der Waals surface area contributed by atoms with Gasteiger partial charge >= 0.3 is 0 Å². The summed E-state index contributed by atoms with van der Waals surface area (Å²) in [5.41, 5.74) is 6.12. The number of hydrogen-bond donors (Lipinski definition) is 2. The van der Waals surface area contributed by atoms with Crippen molar-refractivity contribution in [1.82, 2.24) is 14.9 Å². The van der Waals surface area contributed by atoms with Gasteiger partial charge in [0, 0.05) is 11.3 Å². The standard InChI is InChI=1S/C27H28N4O2/c1-17-11-9-14-22(19(17)3)29-25(32)16-31-24-15-8-7-13-23(24)30-26(31)20(4)28-27(33)21-12-6-5-10-18(21)2/h5-15,20H,16H2,1-4H3,(H,28,33)(H,29,32). The number of benzene rings is 3. The molecule has 2 amide bonds. The highest BCUT2D eigenvalue weighted by Gasteiger charge is 2.21. The number of hydrogen-bond acceptors (Lipinski definition) is 3. The van der Waals surface area contributed by atoms with Crippen LogP contribution in [0.1, 0.15) is 45.8 Å². The van der Waals surface area contributed by atoms with Crippen molar-refractivity contribution >= 4 is 28.5 Å². The van der Waals surface area contributed by atoms with Crippen molar-refractivity contribution in [1.29, 1.82) is 0 Å². The van der Waals surface area contributed by atoms with Gasteiger partial charge in [0.05, 0.1) is 17.1 Å². The highest BCUT2D eigenvalue weighted by atomic mass is 16.2. The molecule has 0 fully saturated rings. The van der Waals surface area contributed by atoms with Gasteiger partial charge in [-0.05, 0) is 68.7 Å². The molecule has 168 valence electrons. The molecule has 33 heavy (non-hydrogen) atoms. The SMILES string of the molecule is Cc1ccccc1C(=O)NC(C)c1nc2ccccc2n1CC(=O)Nc1cccc(C)c1C. The van der Waals surface area contributed by atoms with Crippen molar-refractivity contribution in [3.8, 4) is 0 Å². The molecule has 3 aromatic carbocycles. The minimum atomic E-state index is -0.391. The Morgan fingerprint density at radius 1 is 0.909 bits per heavy atom. The largest absolute Gasteiger partial charge is 0.342 e. The van der Waals surface area contributed by atoms with Gasteiger partial charge in [-0.25, -0.2) is 4.98 Å². The number of carbonyl (C=O) groups excluding carboxylic acids is 2. The molecule has 4 rings (SSSR count). The minimum Gasteiger partial charge on any atom is -0.342 e. The molecule has 1 aromatic heterocycles. The number of para-hydroxylation sites is 2. The van der Waals surface area contributed by atoms with Gasteiger partial charge in [0.1, 0.15) is 12.4 Å². The van der Waals surface area contributed by atoms with Gasteiger partial charge in [0.25, 0.3) is 5.91 Å².